The number of nitrogens with two attached hydrogens (primary N) is 1. The molecule has 0 amide bonds. The maximum absolute atomic E-state index is 10.9. The molecule has 5 nitrogen and oxygen atoms in total. The van der Waals surface area contributed by atoms with Gasteiger partial charge in [0, 0.05) is 6.42 Å². The van der Waals surface area contributed by atoms with Gasteiger partial charge in [-0.2, -0.15) is 4.98 Å². The summed E-state index contributed by atoms with van der Waals surface area (Å²) in [5.41, 5.74) is 7.18. The summed E-state index contributed by atoms with van der Waals surface area (Å²) < 4.78 is 5.55. The van der Waals surface area contributed by atoms with Gasteiger partial charge in [-0.25, -0.2) is 4.98 Å². The van der Waals surface area contributed by atoms with Gasteiger partial charge in [0.15, 0.2) is 0 Å². The molecule has 0 bridgehead atoms. The zero-order chi connectivity index (χ0) is 13.7. The van der Waals surface area contributed by atoms with E-state index in [1.54, 1.807) is 6.92 Å². The minimum Gasteiger partial charge on any atom is -0.437 e. The number of anilines is 1. The van der Waals surface area contributed by atoms with Gasteiger partial charge in [-0.1, -0.05) is 12.1 Å². The Bertz CT molecular complexity index is 567. The Labute approximate surface area is 111 Å². The first kappa shape index (κ1) is 13.0. The van der Waals surface area contributed by atoms with Crippen LogP contribution < -0.4 is 10.5 Å². The number of hydrogen-bond acceptors (Lipinski definition) is 5. The highest BCUT2D eigenvalue weighted by Crippen LogP contribution is 2.24. The molecule has 0 aliphatic carbocycles. The lowest BCUT2D eigenvalue weighted by molar-refractivity contribution is -0.116. The van der Waals surface area contributed by atoms with Crippen molar-refractivity contribution in [3.63, 3.8) is 0 Å². The lowest BCUT2D eigenvalue weighted by Gasteiger charge is -2.07. The second-order valence-corrected chi connectivity index (χ2v) is 4.23. The van der Waals surface area contributed by atoms with Gasteiger partial charge < -0.3 is 15.3 Å². The quantitative estimate of drug-likeness (QED) is 0.889. The Kier molecular flexibility index (Phi) is 4.07. The third kappa shape index (κ3) is 3.77. The number of ether oxygens (including phenoxy) is 1. The van der Waals surface area contributed by atoms with Crippen LogP contribution in [0.3, 0.4) is 0 Å². The lowest BCUT2D eigenvalue weighted by atomic mass is 10.1. The number of aryl methyl sites for hydroxylation is 1. The van der Waals surface area contributed by atoms with Crippen molar-refractivity contribution in [1.29, 1.82) is 0 Å². The van der Waals surface area contributed by atoms with E-state index in [-0.39, 0.29) is 5.78 Å². The van der Waals surface area contributed by atoms with Crippen molar-refractivity contribution in [1.82, 2.24) is 9.97 Å². The van der Waals surface area contributed by atoms with Crippen LogP contribution in [0.1, 0.15) is 18.9 Å². The summed E-state index contributed by atoms with van der Waals surface area (Å²) in [6.45, 7) is 1.59. The van der Waals surface area contributed by atoms with Gasteiger partial charge in [0.1, 0.15) is 23.5 Å². The van der Waals surface area contributed by atoms with E-state index >= 15 is 0 Å². The van der Waals surface area contributed by atoms with Crippen molar-refractivity contribution in [3.05, 3.63) is 42.4 Å². The smallest absolute Gasteiger partial charge is 0.245 e. The van der Waals surface area contributed by atoms with Crippen LogP contribution in [-0.4, -0.2) is 15.8 Å². The average molecular weight is 257 g/mol. The number of Topliss-reactive ketones (excluding diaryl/α,β-unsaturated/α-hetero) is 1. The highest BCUT2D eigenvalue weighted by molar-refractivity contribution is 5.75. The number of aromatic nitrogens is 2. The molecule has 0 atom stereocenters. The number of ketones is 1. The molecular weight excluding hydrogens is 242 g/mol. The first-order valence-electron chi connectivity index (χ1n) is 5.97. The van der Waals surface area contributed by atoms with Gasteiger partial charge in [-0.05, 0) is 31.0 Å². The minimum absolute atomic E-state index is 0.189. The molecule has 0 spiro atoms. The molecule has 0 radical (unpaired) electrons. The van der Waals surface area contributed by atoms with Crippen LogP contribution in [0.5, 0.6) is 11.6 Å². The van der Waals surface area contributed by atoms with E-state index in [0.29, 0.717) is 23.7 Å². The Morgan fingerprint density at radius 3 is 2.68 bits per heavy atom. The minimum atomic E-state index is 0.189. The number of nitrogen functional groups attached to an aromatic ring is 1. The van der Waals surface area contributed by atoms with Crippen LogP contribution >= 0.6 is 0 Å². The zero-order valence-electron chi connectivity index (χ0n) is 10.7. The predicted octanol–water partition coefficient (Wildman–Crippen LogP) is 2.37. The molecule has 0 unspecified atom stereocenters. The Hall–Kier alpha value is -2.43. The molecular formula is C14H15N3O2. The monoisotopic (exact) mass is 257 g/mol. The summed E-state index contributed by atoms with van der Waals surface area (Å²) in [6, 6.07) is 7.51. The number of rotatable bonds is 5. The van der Waals surface area contributed by atoms with Gasteiger partial charge in [-0.15, -0.1) is 0 Å². The van der Waals surface area contributed by atoms with Gasteiger partial charge in [-0.3, -0.25) is 0 Å². The van der Waals surface area contributed by atoms with Crippen LogP contribution in [0.25, 0.3) is 0 Å². The summed E-state index contributed by atoms with van der Waals surface area (Å²) >= 11 is 0. The fraction of sp³-hybridized carbons (Fsp3) is 0.214. The average Bonchev–Trinajstić information content (AvgIpc) is 2.40. The van der Waals surface area contributed by atoms with Crippen LogP contribution in [-0.2, 0) is 11.2 Å². The standard InChI is InChI=1S/C14H15N3O2/c1-10(18)2-3-11-4-6-12(7-5-11)19-14-13(15)8-16-9-17-14/h4-9H,2-3,15H2,1H3. The van der Waals surface area contributed by atoms with Crippen molar-refractivity contribution >= 4 is 11.5 Å². The molecule has 1 aromatic carbocycles. The zero-order valence-corrected chi connectivity index (χ0v) is 10.7. The van der Waals surface area contributed by atoms with E-state index in [2.05, 4.69) is 9.97 Å². The van der Waals surface area contributed by atoms with Gasteiger partial charge >= 0.3 is 0 Å². The van der Waals surface area contributed by atoms with Crippen LogP contribution in [0, 0.1) is 0 Å². The third-order valence-electron chi connectivity index (χ3n) is 2.61. The summed E-state index contributed by atoms with van der Waals surface area (Å²) in [7, 11) is 0. The van der Waals surface area contributed by atoms with Crippen molar-refractivity contribution in [2.45, 2.75) is 19.8 Å². The molecule has 0 saturated heterocycles. The van der Waals surface area contributed by atoms with Crippen molar-refractivity contribution in [3.8, 4) is 11.6 Å². The number of benzene rings is 1. The summed E-state index contributed by atoms with van der Waals surface area (Å²) in [6.07, 6.45) is 4.17. The molecule has 2 rings (SSSR count). The fourth-order valence-electron chi connectivity index (χ4n) is 1.57. The third-order valence-corrected chi connectivity index (χ3v) is 2.61. The molecule has 0 aliphatic rings. The largest absolute Gasteiger partial charge is 0.437 e. The molecule has 0 saturated carbocycles. The van der Waals surface area contributed by atoms with E-state index < -0.39 is 0 Å². The highest BCUT2D eigenvalue weighted by atomic mass is 16.5. The Morgan fingerprint density at radius 1 is 1.32 bits per heavy atom. The summed E-state index contributed by atoms with van der Waals surface area (Å²) in [4.78, 5) is 18.7. The van der Waals surface area contributed by atoms with E-state index in [9.17, 15) is 4.79 Å². The van der Waals surface area contributed by atoms with Crippen LogP contribution in [0.15, 0.2) is 36.8 Å². The molecule has 1 aromatic heterocycles. The molecule has 1 heterocycles. The Balaban J connectivity index is 2.03. The van der Waals surface area contributed by atoms with Crippen molar-refractivity contribution in [2.24, 2.45) is 0 Å². The lowest BCUT2D eigenvalue weighted by Crippen LogP contribution is -1.96. The molecule has 5 heteroatoms. The fourth-order valence-corrected chi connectivity index (χ4v) is 1.57. The second kappa shape index (κ2) is 5.95. The molecule has 2 aromatic rings. The van der Waals surface area contributed by atoms with Crippen molar-refractivity contribution < 1.29 is 9.53 Å². The van der Waals surface area contributed by atoms with Gasteiger partial charge in [0.25, 0.3) is 0 Å². The molecule has 19 heavy (non-hydrogen) atoms. The number of carbonyl (C=O) groups is 1. The van der Waals surface area contributed by atoms with Gasteiger partial charge in [0.05, 0.1) is 6.20 Å². The van der Waals surface area contributed by atoms with E-state index in [0.717, 1.165) is 12.0 Å². The second-order valence-electron chi connectivity index (χ2n) is 4.23. The van der Waals surface area contributed by atoms with Crippen molar-refractivity contribution in [2.75, 3.05) is 5.73 Å². The molecule has 98 valence electrons. The normalized spacial score (nSPS) is 10.2. The SMILES string of the molecule is CC(=O)CCc1ccc(Oc2ncncc2N)cc1. The number of nitrogens with zero attached hydrogens (tertiary/aromatic N) is 2. The molecule has 2 N–H and O–H groups in total. The number of carbonyl (C=O) groups excluding carboxylic acids is 1. The summed E-state index contributed by atoms with van der Waals surface area (Å²) in [5, 5.41) is 0. The maximum Gasteiger partial charge on any atom is 0.245 e. The topological polar surface area (TPSA) is 78.1 Å². The van der Waals surface area contributed by atoms with E-state index in [1.807, 2.05) is 24.3 Å². The van der Waals surface area contributed by atoms with Gasteiger partial charge in [0.2, 0.25) is 5.88 Å². The molecule has 0 fully saturated rings. The Morgan fingerprint density at radius 2 is 2.05 bits per heavy atom. The van der Waals surface area contributed by atoms with Crippen LogP contribution in [0.2, 0.25) is 0 Å². The summed E-state index contributed by atoms with van der Waals surface area (Å²) in [5.74, 6) is 1.18. The highest BCUT2D eigenvalue weighted by Gasteiger charge is 2.03. The predicted molar refractivity (Wildman–Crippen MR) is 72.0 cm³/mol. The van der Waals surface area contributed by atoms with E-state index in [1.165, 1.54) is 12.5 Å². The molecule has 0 aliphatic heterocycles. The van der Waals surface area contributed by atoms with E-state index in [4.69, 9.17) is 10.5 Å². The first-order chi connectivity index (χ1) is 9.15. The maximum atomic E-state index is 10.9. The first-order valence-corrected chi connectivity index (χ1v) is 5.97. The van der Waals surface area contributed by atoms with Crippen LogP contribution in [0.4, 0.5) is 5.69 Å². The number of hydrogen-bond donors (Lipinski definition) is 1.